The summed E-state index contributed by atoms with van der Waals surface area (Å²) in [4.78, 5) is 20.2. The van der Waals surface area contributed by atoms with Gasteiger partial charge in [0, 0.05) is 38.9 Å². The first-order valence-electron chi connectivity index (χ1n) is 7.21. The molecule has 6 heteroatoms. The lowest BCUT2D eigenvalue weighted by Gasteiger charge is -2.32. The Morgan fingerprint density at radius 3 is 2.76 bits per heavy atom. The van der Waals surface area contributed by atoms with Crippen LogP contribution in [0.15, 0.2) is 24.4 Å². The molecule has 0 radical (unpaired) electrons. The van der Waals surface area contributed by atoms with Gasteiger partial charge in [0.25, 0.3) is 0 Å². The number of fused-ring (bicyclic) bond motifs is 1. The highest BCUT2D eigenvalue weighted by Gasteiger charge is 2.20. The van der Waals surface area contributed by atoms with Crippen molar-refractivity contribution < 1.29 is 9.90 Å². The first-order valence-corrected chi connectivity index (χ1v) is 7.21. The van der Waals surface area contributed by atoms with Crippen LogP contribution in [0.5, 0.6) is 0 Å². The third-order valence-electron chi connectivity index (χ3n) is 4.00. The number of piperazine rings is 1. The minimum absolute atomic E-state index is 0.0231. The summed E-state index contributed by atoms with van der Waals surface area (Å²) in [6.07, 6.45) is 1.93. The molecule has 1 N–H and O–H groups in total. The molecular weight excluding hydrogens is 268 g/mol. The van der Waals surface area contributed by atoms with Gasteiger partial charge in [-0.3, -0.25) is 9.69 Å². The molecule has 3 rings (SSSR count). The Bertz CT molecular complexity index is 644. The fourth-order valence-electron chi connectivity index (χ4n) is 2.77. The van der Waals surface area contributed by atoms with Crippen molar-refractivity contribution in [2.24, 2.45) is 0 Å². The molecule has 2 aromatic rings. The zero-order valence-electron chi connectivity index (χ0n) is 12.2. The van der Waals surface area contributed by atoms with Crippen molar-refractivity contribution in [3.05, 3.63) is 35.8 Å². The topological polar surface area (TPSA) is 61.1 Å². The number of carboxylic acids is 1. The maximum atomic E-state index is 11.1. The van der Waals surface area contributed by atoms with E-state index in [9.17, 15) is 4.79 Å². The highest BCUT2D eigenvalue weighted by molar-refractivity contribution is 5.70. The van der Waals surface area contributed by atoms with Gasteiger partial charge in [0.05, 0.1) is 17.8 Å². The third kappa shape index (κ3) is 3.06. The number of rotatable bonds is 4. The first kappa shape index (κ1) is 14.0. The van der Waals surface area contributed by atoms with Crippen molar-refractivity contribution in [1.29, 1.82) is 0 Å². The average Bonchev–Trinajstić information content (AvgIpc) is 2.78. The average molecular weight is 288 g/mol. The van der Waals surface area contributed by atoms with Gasteiger partial charge in [-0.15, -0.1) is 0 Å². The molecule has 0 amide bonds. The second-order valence-corrected chi connectivity index (χ2v) is 5.58. The number of carbonyl (C=O) groups is 1. The van der Waals surface area contributed by atoms with Crippen LogP contribution < -0.4 is 0 Å². The van der Waals surface area contributed by atoms with E-state index in [4.69, 9.17) is 5.11 Å². The van der Waals surface area contributed by atoms with Crippen LogP contribution >= 0.6 is 0 Å². The molecule has 0 bridgehead atoms. The van der Waals surface area contributed by atoms with E-state index in [1.165, 1.54) is 0 Å². The Hall–Kier alpha value is -1.92. The molecule has 0 aromatic carbocycles. The molecular formula is C15H20N4O2. The Balaban J connectivity index is 1.89. The van der Waals surface area contributed by atoms with Crippen molar-refractivity contribution >= 4 is 11.6 Å². The quantitative estimate of drug-likeness (QED) is 0.898. The van der Waals surface area contributed by atoms with Gasteiger partial charge in [0.2, 0.25) is 0 Å². The maximum Gasteiger partial charge on any atom is 0.309 e. The van der Waals surface area contributed by atoms with Crippen LogP contribution in [-0.2, 0) is 17.8 Å². The Kier molecular flexibility index (Phi) is 3.90. The highest BCUT2D eigenvalue weighted by atomic mass is 16.4. The van der Waals surface area contributed by atoms with Gasteiger partial charge in [0.1, 0.15) is 5.65 Å². The van der Waals surface area contributed by atoms with Crippen molar-refractivity contribution in [3.63, 3.8) is 0 Å². The second-order valence-electron chi connectivity index (χ2n) is 5.58. The van der Waals surface area contributed by atoms with Crippen molar-refractivity contribution in [2.75, 3.05) is 33.2 Å². The summed E-state index contributed by atoms with van der Waals surface area (Å²) >= 11 is 0. The van der Waals surface area contributed by atoms with Gasteiger partial charge in [-0.1, -0.05) is 6.07 Å². The van der Waals surface area contributed by atoms with Crippen LogP contribution in [-0.4, -0.2) is 63.5 Å². The van der Waals surface area contributed by atoms with Crippen LogP contribution in [0, 0.1) is 0 Å². The number of aliphatic carboxylic acids is 1. The second kappa shape index (κ2) is 5.83. The molecule has 21 heavy (non-hydrogen) atoms. The fraction of sp³-hybridized carbons (Fsp3) is 0.467. The molecule has 6 nitrogen and oxygen atoms in total. The monoisotopic (exact) mass is 288 g/mol. The molecule has 0 aliphatic carbocycles. The summed E-state index contributed by atoms with van der Waals surface area (Å²) < 4.78 is 2.01. The van der Waals surface area contributed by atoms with E-state index in [1.54, 1.807) is 0 Å². The number of hydrogen-bond donors (Lipinski definition) is 1. The maximum absolute atomic E-state index is 11.1. The molecule has 112 valence electrons. The number of aromatic nitrogens is 2. The molecule has 1 saturated heterocycles. The van der Waals surface area contributed by atoms with Crippen LogP contribution in [0.3, 0.4) is 0 Å². The first-order chi connectivity index (χ1) is 10.1. The largest absolute Gasteiger partial charge is 0.481 e. The molecule has 1 aliphatic heterocycles. The third-order valence-corrected chi connectivity index (χ3v) is 4.00. The molecule has 0 atom stereocenters. The molecule has 3 heterocycles. The van der Waals surface area contributed by atoms with E-state index in [2.05, 4.69) is 21.8 Å². The number of carboxylic acid groups (broad SMARTS) is 1. The summed E-state index contributed by atoms with van der Waals surface area (Å²) in [5.41, 5.74) is 2.49. The van der Waals surface area contributed by atoms with Gasteiger partial charge >= 0.3 is 5.97 Å². The highest BCUT2D eigenvalue weighted by Crippen LogP contribution is 2.16. The molecule has 1 fully saturated rings. The minimum atomic E-state index is -0.835. The summed E-state index contributed by atoms with van der Waals surface area (Å²) in [6, 6.07) is 5.79. The van der Waals surface area contributed by atoms with Crippen molar-refractivity contribution in [1.82, 2.24) is 19.2 Å². The van der Waals surface area contributed by atoms with Gasteiger partial charge in [-0.05, 0) is 19.2 Å². The van der Waals surface area contributed by atoms with Gasteiger partial charge in [-0.25, -0.2) is 4.98 Å². The number of likely N-dealkylation sites (N-methyl/N-ethyl adjacent to an activating group) is 1. The van der Waals surface area contributed by atoms with Crippen LogP contribution in [0.2, 0.25) is 0 Å². The molecule has 1 aliphatic rings. The summed E-state index contributed by atoms with van der Waals surface area (Å²) in [5, 5.41) is 9.09. The summed E-state index contributed by atoms with van der Waals surface area (Å²) in [6.45, 7) is 4.85. The lowest BCUT2D eigenvalue weighted by atomic mass is 10.2. The standard InChI is InChI=1S/C15H20N4O2/c1-17-6-8-18(9-7-17)11-13-12(10-15(20)21)16-14-4-2-3-5-19(13)14/h2-5H,6-11H2,1H3,(H,20,21). The molecule has 0 spiro atoms. The Labute approximate surface area is 123 Å². The van der Waals surface area contributed by atoms with E-state index in [0.29, 0.717) is 5.69 Å². The number of hydrogen-bond acceptors (Lipinski definition) is 4. The van der Waals surface area contributed by atoms with Crippen LogP contribution in [0.4, 0.5) is 0 Å². The lowest BCUT2D eigenvalue weighted by Crippen LogP contribution is -2.44. The predicted molar refractivity (Wildman–Crippen MR) is 79.3 cm³/mol. The summed E-state index contributed by atoms with van der Waals surface area (Å²) in [5.74, 6) is -0.835. The molecule has 0 saturated carbocycles. The van der Waals surface area contributed by atoms with Gasteiger partial charge < -0.3 is 14.4 Å². The van der Waals surface area contributed by atoms with Crippen molar-refractivity contribution in [2.45, 2.75) is 13.0 Å². The minimum Gasteiger partial charge on any atom is -0.481 e. The zero-order valence-corrected chi connectivity index (χ0v) is 12.2. The lowest BCUT2D eigenvalue weighted by molar-refractivity contribution is -0.136. The van der Waals surface area contributed by atoms with Crippen LogP contribution in [0.25, 0.3) is 5.65 Å². The normalized spacial score (nSPS) is 17.4. The summed E-state index contributed by atoms with van der Waals surface area (Å²) in [7, 11) is 2.13. The predicted octanol–water partition coefficient (Wildman–Crippen LogP) is 0.709. The number of nitrogens with zero attached hydrogens (tertiary/aromatic N) is 4. The number of imidazole rings is 1. The smallest absolute Gasteiger partial charge is 0.309 e. The zero-order chi connectivity index (χ0) is 14.8. The van der Waals surface area contributed by atoms with E-state index in [1.807, 2.05) is 28.8 Å². The van der Waals surface area contributed by atoms with E-state index >= 15 is 0 Å². The van der Waals surface area contributed by atoms with E-state index in [-0.39, 0.29) is 6.42 Å². The van der Waals surface area contributed by atoms with Gasteiger partial charge in [0.15, 0.2) is 0 Å². The Morgan fingerprint density at radius 2 is 2.05 bits per heavy atom. The van der Waals surface area contributed by atoms with Gasteiger partial charge in [-0.2, -0.15) is 0 Å². The molecule has 2 aromatic heterocycles. The molecule has 0 unspecified atom stereocenters. The fourth-order valence-corrected chi connectivity index (χ4v) is 2.77. The SMILES string of the molecule is CN1CCN(Cc2c(CC(=O)O)nc3ccccn23)CC1. The van der Waals surface area contributed by atoms with E-state index < -0.39 is 5.97 Å². The van der Waals surface area contributed by atoms with Crippen LogP contribution in [0.1, 0.15) is 11.4 Å². The van der Waals surface area contributed by atoms with Crippen molar-refractivity contribution in [3.8, 4) is 0 Å². The number of pyridine rings is 1. The van der Waals surface area contributed by atoms with E-state index in [0.717, 1.165) is 44.1 Å². The Morgan fingerprint density at radius 1 is 1.29 bits per heavy atom.